The number of nitrogens with zero attached hydrogens (tertiary/aromatic N) is 1. The molecule has 1 aliphatic heterocycles. The highest BCUT2D eigenvalue weighted by Crippen LogP contribution is 2.18. The summed E-state index contributed by atoms with van der Waals surface area (Å²) >= 11 is 0. The molecule has 1 rings (SSSR count). The van der Waals surface area contributed by atoms with Gasteiger partial charge in [-0.25, -0.2) is 8.42 Å². The maximum atomic E-state index is 11.4. The van der Waals surface area contributed by atoms with E-state index in [2.05, 4.69) is 0 Å². The summed E-state index contributed by atoms with van der Waals surface area (Å²) in [6, 6.07) is -0.268. The van der Waals surface area contributed by atoms with E-state index in [1.165, 1.54) is 0 Å². The van der Waals surface area contributed by atoms with Crippen LogP contribution in [0.4, 0.5) is 0 Å². The fourth-order valence-electron chi connectivity index (χ4n) is 2.04. The number of sulfone groups is 1. The number of hydrogen-bond donors (Lipinski definition) is 1. The fourth-order valence-corrected chi connectivity index (χ4v) is 3.88. The smallest absolute Gasteiger partial charge is 0.154 e. The molecule has 1 saturated heterocycles. The molecule has 6 heteroatoms. The average Bonchev–Trinajstić information content (AvgIpc) is 2.47. The molecule has 5 nitrogen and oxygen atoms in total. The quantitative estimate of drug-likeness (QED) is 0.645. The Labute approximate surface area is 97.3 Å². The second-order valence-corrected chi connectivity index (χ2v) is 6.19. The number of aliphatic hydroxyl groups is 1. The van der Waals surface area contributed by atoms with Gasteiger partial charge < -0.3 is 9.84 Å². The van der Waals surface area contributed by atoms with Gasteiger partial charge in [-0.1, -0.05) is 6.92 Å². The molecular formula is C10H21NO4S. The highest BCUT2D eigenvalue weighted by molar-refractivity contribution is 7.91. The molecule has 1 fully saturated rings. The van der Waals surface area contributed by atoms with Gasteiger partial charge in [0.25, 0.3) is 0 Å². The molecule has 1 N–H and O–H groups in total. The third-order valence-electron chi connectivity index (χ3n) is 2.90. The predicted molar refractivity (Wildman–Crippen MR) is 62.2 cm³/mol. The lowest BCUT2D eigenvalue weighted by Crippen LogP contribution is -2.44. The molecule has 0 radical (unpaired) electrons. The minimum Gasteiger partial charge on any atom is -0.390 e. The van der Waals surface area contributed by atoms with Crippen LogP contribution in [0.1, 0.15) is 13.8 Å². The van der Waals surface area contributed by atoms with Crippen molar-refractivity contribution in [1.29, 1.82) is 0 Å². The molecule has 0 aromatic heterocycles. The van der Waals surface area contributed by atoms with Crippen LogP contribution >= 0.6 is 0 Å². The zero-order valence-corrected chi connectivity index (χ0v) is 10.7. The number of hydrogen-bond acceptors (Lipinski definition) is 5. The molecule has 0 amide bonds. The largest absolute Gasteiger partial charge is 0.390 e. The number of likely N-dealkylation sites (N-methyl/N-ethyl adjacent to an activating group) is 1. The molecule has 0 aromatic rings. The van der Waals surface area contributed by atoms with Gasteiger partial charge in [0.2, 0.25) is 0 Å². The van der Waals surface area contributed by atoms with Crippen molar-refractivity contribution in [1.82, 2.24) is 4.90 Å². The monoisotopic (exact) mass is 251 g/mol. The van der Waals surface area contributed by atoms with Crippen LogP contribution < -0.4 is 0 Å². The topological polar surface area (TPSA) is 66.8 Å². The normalized spacial score (nSPS) is 28.8. The lowest BCUT2D eigenvalue weighted by atomic mass is 10.2. The Balaban J connectivity index is 2.53. The first-order chi connectivity index (χ1) is 7.50. The molecule has 16 heavy (non-hydrogen) atoms. The van der Waals surface area contributed by atoms with Crippen molar-refractivity contribution in [3.05, 3.63) is 0 Å². The first kappa shape index (κ1) is 13.9. The maximum absolute atomic E-state index is 11.4. The highest BCUT2D eigenvalue weighted by atomic mass is 32.2. The lowest BCUT2D eigenvalue weighted by Gasteiger charge is -2.28. The molecule has 0 bridgehead atoms. The van der Waals surface area contributed by atoms with Gasteiger partial charge in [0.1, 0.15) is 0 Å². The van der Waals surface area contributed by atoms with Gasteiger partial charge in [0, 0.05) is 13.2 Å². The number of ether oxygens (including phenoxy) is 1. The Morgan fingerprint density at radius 3 is 2.50 bits per heavy atom. The molecule has 0 aromatic carbocycles. The molecular weight excluding hydrogens is 230 g/mol. The average molecular weight is 251 g/mol. The molecule has 2 unspecified atom stereocenters. The summed E-state index contributed by atoms with van der Waals surface area (Å²) < 4.78 is 28.0. The minimum absolute atomic E-state index is 0.0636. The van der Waals surface area contributed by atoms with Crippen LogP contribution in [0.3, 0.4) is 0 Å². The van der Waals surface area contributed by atoms with E-state index in [9.17, 15) is 13.5 Å². The van der Waals surface area contributed by atoms with Crippen LogP contribution in [-0.2, 0) is 14.6 Å². The summed E-state index contributed by atoms with van der Waals surface area (Å²) in [4.78, 5) is 1.98. The van der Waals surface area contributed by atoms with Crippen molar-refractivity contribution < 1.29 is 18.3 Å². The SMILES string of the molecule is CCOCCN(CC)C1CS(=O)(=O)CC1O. The van der Waals surface area contributed by atoms with E-state index in [0.717, 1.165) is 6.54 Å². The zero-order valence-electron chi connectivity index (χ0n) is 9.92. The maximum Gasteiger partial charge on any atom is 0.154 e. The van der Waals surface area contributed by atoms with Crippen molar-refractivity contribution in [2.45, 2.75) is 26.0 Å². The summed E-state index contributed by atoms with van der Waals surface area (Å²) in [5.41, 5.74) is 0. The Morgan fingerprint density at radius 2 is 2.06 bits per heavy atom. The van der Waals surface area contributed by atoms with E-state index in [1.54, 1.807) is 0 Å². The van der Waals surface area contributed by atoms with E-state index in [1.807, 2.05) is 18.7 Å². The molecule has 2 atom stereocenters. The van der Waals surface area contributed by atoms with Crippen molar-refractivity contribution in [3.63, 3.8) is 0 Å². The summed E-state index contributed by atoms with van der Waals surface area (Å²) in [6.07, 6.45) is -0.758. The summed E-state index contributed by atoms with van der Waals surface area (Å²) in [5, 5.41) is 9.72. The van der Waals surface area contributed by atoms with E-state index in [-0.39, 0.29) is 17.5 Å². The Kier molecular flexibility index (Phi) is 5.17. The standard InChI is InChI=1S/C10H21NO4S/c1-3-11(5-6-15-4-2)9-7-16(13,14)8-10(9)12/h9-10,12H,3-8H2,1-2H3. The van der Waals surface area contributed by atoms with Crippen LogP contribution in [0, 0.1) is 0 Å². The van der Waals surface area contributed by atoms with Crippen molar-refractivity contribution in [2.75, 3.05) is 37.8 Å². The van der Waals surface area contributed by atoms with Crippen LogP contribution in [0.25, 0.3) is 0 Å². The first-order valence-electron chi connectivity index (χ1n) is 5.70. The van der Waals surface area contributed by atoms with Gasteiger partial charge in [-0.3, -0.25) is 4.90 Å². The molecule has 0 saturated carbocycles. The van der Waals surface area contributed by atoms with Crippen molar-refractivity contribution in [2.24, 2.45) is 0 Å². The van der Waals surface area contributed by atoms with Gasteiger partial charge in [-0.15, -0.1) is 0 Å². The Hall–Kier alpha value is -0.170. The van der Waals surface area contributed by atoms with Gasteiger partial charge in [-0.05, 0) is 13.5 Å². The number of rotatable bonds is 6. The summed E-state index contributed by atoms with van der Waals surface area (Å²) in [6.45, 7) is 6.51. The second kappa shape index (κ2) is 5.95. The second-order valence-electron chi connectivity index (χ2n) is 4.04. The zero-order chi connectivity index (χ0) is 12.2. The Bertz CT molecular complexity index is 304. The molecule has 0 aliphatic carbocycles. The molecule has 0 spiro atoms. The van der Waals surface area contributed by atoms with Crippen molar-refractivity contribution >= 4 is 9.84 Å². The Morgan fingerprint density at radius 1 is 1.38 bits per heavy atom. The number of aliphatic hydroxyl groups excluding tert-OH is 1. The minimum atomic E-state index is -3.06. The van der Waals surface area contributed by atoms with Gasteiger partial charge in [0.05, 0.1) is 30.3 Å². The molecule has 1 aliphatic rings. The highest BCUT2D eigenvalue weighted by Gasteiger charge is 2.39. The van der Waals surface area contributed by atoms with Gasteiger partial charge in [-0.2, -0.15) is 0 Å². The third-order valence-corrected chi connectivity index (χ3v) is 4.59. The van der Waals surface area contributed by atoms with Crippen LogP contribution in [0.15, 0.2) is 0 Å². The fraction of sp³-hybridized carbons (Fsp3) is 1.00. The van der Waals surface area contributed by atoms with Gasteiger partial charge in [0.15, 0.2) is 9.84 Å². The van der Waals surface area contributed by atoms with E-state index in [0.29, 0.717) is 19.8 Å². The summed E-state index contributed by atoms with van der Waals surface area (Å²) in [7, 11) is -3.06. The van der Waals surface area contributed by atoms with Gasteiger partial charge >= 0.3 is 0 Å². The first-order valence-corrected chi connectivity index (χ1v) is 7.52. The van der Waals surface area contributed by atoms with E-state index in [4.69, 9.17) is 4.74 Å². The van der Waals surface area contributed by atoms with Crippen molar-refractivity contribution in [3.8, 4) is 0 Å². The summed E-state index contributed by atoms with van der Waals surface area (Å²) in [5.74, 6) is -0.0447. The predicted octanol–water partition coefficient (Wildman–Crippen LogP) is -0.497. The lowest BCUT2D eigenvalue weighted by molar-refractivity contribution is 0.0559. The molecule has 1 heterocycles. The third kappa shape index (κ3) is 3.69. The van der Waals surface area contributed by atoms with Crippen LogP contribution in [0.5, 0.6) is 0 Å². The molecule has 96 valence electrons. The van der Waals surface area contributed by atoms with E-state index < -0.39 is 15.9 Å². The van der Waals surface area contributed by atoms with Crippen LogP contribution in [0.2, 0.25) is 0 Å². The van der Waals surface area contributed by atoms with E-state index >= 15 is 0 Å². The van der Waals surface area contributed by atoms with Crippen LogP contribution in [-0.4, -0.2) is 68.4 Å².